The number of amides is 1. The number of carbonyl (C=O) groups excluding carboxylic acids is 1. The first kappa shape index (κ1) is 16.1. The number of hydrogen-bond acceptors (Lipinski definition) is 5. The lowest BCUT2D eigenvalue weighted by Crippen LogP contribution is -2.32. The smallest absolute Gasteiger partial charge is 0.335 e. The molecule has 0 atom stereocenters. The number of carboxylic acids is 1. The largest absolute Gasteiger partial charge is 0.486 e. The van der Waals surface area contributed by atoms with Gasteiger partial charge in [0.2, 0.25) is 5.91 Å². The molecule has 2 heterocycles. The van der Waals surface area contributed by atoms with Gasteiger partial charge < -0.3 is 14.6 Å². The summed E-state index contributed by atoms with van der Waals surface area (Å²) in [5.41, 5.74) is 2.13. The normalized spacial score (nSPS) is 16.2. The van der Waals surface area contributed by atoms with E-state index in [4.69, 9.17) is 14.6 Å². The van der Waals surface area contributed by atoms with Gasteiger partial charge in [0, 0.05) is 18.4 Å². The molecule has 0 saturated carbocycles. The number of carboxylic acid groups (broad SMARTS) is 1. The lowest BCUT2D eigenvalue weighted by Gasteiger charge is -2.25. The van der Waals surface area contributed by atoms with Gasteiger partial charge in [-0.1, -0.05) is 6.07 Å². The number of hydrazone groups is 1. The van der Waals surface area contributed by atoms with Crippen molar-refractivity contribution in [3.05, 3.63) is 53.6 Å². The van der Waals surface area contributed by atoms with Crippen molar-refractivity contribution in [2.75, 3.05) is 18.2 Å². The van der Waals surface area contributed by atoms with Crippen LogP contribution in [0, 0.1) is 0 Å². The third kappa shape index (κ3) is 2.99. The van der Waals surface area contributed by atoms with Crippen molar-refractivity contribution in [1.29, 1.82) is 0 Å². The maximum absolute atomic E-state index is 12.3. The minimum atomic E-state index is -1.05. The second-order valence-corrected chi connectivity index (χ2v) is 5.97. The van der Waals surface area contributed by atoms with Crippen LogP contribution in [0.2, 0.25) is 0 Å². The number of benzene rings is 2. The summed E-state index contributed by atoms with van der Waals surface area (Å²) in [7, 11) is 0. The molecule has 0 aromatic heterocycles. The topological polar surface area (TPSA) is 88.4 Å². The standard InChI is InChI=1S/C19H16N2O5/c22-18-7-5-15(12-4-6-16-17(11-12)26-9-8-25-16)20-21(18)14-3-1-2-13(10-14)19(23)24/h1-4,6,10-11H,5,7-9H2,(H,23,24). The Hall–Kier alpha value is -3.35. The highest BCUT2D eigenvalue weighted by Gasteiger charge is 2.24. The summed E-state index contributed by atoms with van der Waals surface area (Å²) in [5, 5.41) is 14.9. The molecule has 0 spiro atoms. The van der Waals surface area contributed by atoms with Crippen LogP contribution in [0.5, 0.6) is 11.5 Å². The summed E-state index contributed by atoms with van der Waals surface area (Å²) in [4.78, 5) is 23.5. The summed E-state index contributed by atoms with van der Waals surface area (Å²) in [5.74, 6) is 0.132. The van der Waals surface area contributed by atoms with Gasteiger partial charge in [-0.15, -0.1) is 0 Å². The third-order valence-corrected chi connectivity index (χ3v) is 4.25. The van der Waals surface area contributed by atoms with E-state index in [9.17, 15) is 9.59 Å². The third-order valence-electron chi connectivity index (χ3n) is 4.25. The molecular weight excluding hydrogens is 336 g/mol. The Morgan fingerprint density at radius 3 is 2.65 bits per heavy atom. The molecule has 0 aliphatic carbocycles. The lowest BCUT2D eigenvalue weighted by atomic mass is 10.0. The lowest BCUT2D eigenvalue weighted by molar-refractivity contribution is -0.118. The molecule has 132 valence electrons. The van der Waals surface area contributed by atoms with Crippen LogP contribution in [0.1, 0.15) is 28.8 Å². The number of hydrogen-bond donors (Lipinski definition) is 1. The van der Waals surface area contributed by atoms with Crippen molar-refractivity contribution in [2.45, 2.75) is 12.8 Å². The molecule has 0 radical (unpaired) electrons. The molecule has 7 nitrogen and oxygen atoms in total. The van der Waals surface area contributed by atoms with Gasteiger partial charge in [-0.25, -0.2) is 9.80 Å². The molecule has 2 aromatic rings. The van der Waals surface area contributed by atoms with E-state index in [-0.39, 0.29) is 11.5 Å². The number of ether oxygens (including phenoxy) is 2. The van der Waals surface area contributed by atoms with Crippen molar-refractivity contribution < 1.29 is 24.2 Å². The van der Waals surface area contributed by atoms with Crippen molar-refractivity contribution in [2.24, 2.45) is 5.10 Å². The second-order valence-electron chi connectivity index (χ2n) is 5.97. The second kappa shape index (κ2) is 6.51. The van der Waals surface area contributed by atoms with Crippen molar-refractivity contribution in [1.82, 2.24) is 0 Å². The summed E-state index contributed by atoms with van der Waals surface area (Å²) < 4.78 is 11.1. The van der Waals surface area contributed by atoms with E-state index in [2.05, 4.69) is 5.10 Å². The molecule has 0 fully saturated rings. The molecule has 2 aliphatic heterocycles. The number of anilines is 1. The summed E-state index contributed by atoms with van der Waals surface area (Å²) in [6.45, 7) is 1.02. The molecule has 2 aromatic carbocycles. The fourth-order valence-electron chi connectivity index (χ4n) is 2.96. The van der Waals surface area contributed by atoms with E-state index < -0.39 is 5.97 Å². The first-order valence-electron chi connectivity index (χ1n) is 8.25. The molecule has 4 rings (SSSR count). The molecule has 7 heteroatoms. The number of nitrogens with zero attached hydrogens (tertiary/aromatic N) is 2. The first-order valence-corrected chi connectivity index (χ1v) is 8.25. The van der Waals surface area contributed by atoms with Crippen LogP contribution in [-0.4, -0.2) is 35.9 Å². The zero-order valence-electron chi connectivity index (χ0n) is 13.8. The summed E-state index contributed by atoms with van der Waals surface area (Å²) >= 11 is 0. The van der Waals surface area contributed by atoms with Gasteiger partial charge in [-0.3, -0.25) is 4.79 Å². The van der Waals surface area contributed by atoms with Crippen LogP contribution in [-0.2, 0) is 4.79 Å². The van der Waals surface area contributed by atoms with Crippen LogP contribution >= 0.6 is 0 Å². The first-order chi connectivity index (χ1) is 12.6. The molecule has 0 bridgehead atoms. The number of aromatic carboxylic acids is 1. The number of fused-ring (bicyclic) bond motifs is 1. The van der Waals surface area contributed by atoms with Crippen LogP contribution in [0.15, 0.2) is 47.6 Å². The van der Waals surface area contributed by atoms with E-state index in [0.717, 1.165) is 11.3 Å². The molecule has 1 N–H and O–H groups in total. The SMILES string of the molecule is O=C(O)c1cccc(N2N=C(c3ccc4c(c3)OCCO4)CCC2=O)c1. The minimum absolute atomic E-state index is 0.108. The summed E-state index contributed by atoms with van der Waals surface area (Å²) in [6, 6.07) is 11.8. The molecular formula is C19H16N2O5. The van der Waals surface area contributed by atoms with Gasteiger partial charge >= 0.3 is 5.97 Å². The molecule has 0 saturated heterocycles. The van der Waals surface area contributed by atoms with E-state index >= 15 is 0 Å². The Kier molecular flexibility index (Phi) is 4.04. The Morgan fingerprint density at radius 1 is 1.04 bits per heavy atom. The highest BCUT2D eigenvalue weighted by atomic mass is 16.6. The van der Waals surface area contributed by atoms with E-state index in [1.165, 1.54) is 17.1 Å². The van der Waals surface area contributed by atoms with Crippen molar-refractivity contribution >= 4 is 23.3 Å². The van der Waals surface area contributed by atoms with Crippen LogP contribution in [0.4, 0.5) is 5.69 Å². The molecule has 2 aliphatic rings. The van der Waals surface area contributed by atoms with Crippen molar-refractivity contribution in [3.63, 3.8) is 0 Å². The van der Waals surface area contributed by atoms with Gasteiger partial charge in [0.25, 0.3) is 0 Å². The van der Waals surface area contributed by atoms with Crippen molar-refractivity contribution in [3.8, 4) is 11.5 Å². The van der Waals surface area contributed by atoms with Gasteiger partial charge in [0.05, 0.1) is 17.0 Å². The minimum Gasteiger partial charge on any atom is -0.486 e. The predicted octanol–water partition coefficient (Wildman–Crippen LogP) is 2.69. The monoisotopic (exact) mass is 352 g/mol. The van der Waals surface area contributed by atoms with Crippen LogP contribution < -0.4 is 14.5 Å². The Balaban J connectivity index is 1.69. The van der Waals surface area contributed by atoms with E-state index in [1.54, 1.807) is 12.1 Å². The predicted molar refractivity (Wildman–Crippen MR) is 94.1 cm³/mol. The Labute approximate surface area is 149 Å². The number of carbonyl (C=O) groups is 2. The molecule has 1 amide bonds. The zero-order valence-corrected chi connectivity index (χ0v) is 13.8. The van der Waals surface area contributed by atoms with Gasteiger partial charge in [-0.2, -0.15) is 5.10 Å². The molecule has 26 heavy (non-hydrogen) atoms. The van der Waals surface area contributed by atoms with E-state index in [1.807, 2.05) is 18.2 Å². The Morgan fingerprint density at radius 2 is 1.85 bits per heavy atom. The van der Waals surface area contributed by atoms with E-state index in [0.29, 0.717) is 43.2 Å². The quantitative estimate of drug-likeness (QED) is 0.917. The zero-order chi connectivity index (χ0) is 18.1. The maximum Gasteiger partial charge on any atom is 0.335 e. The Bertz CT molecular complexity index is 922. The fraction of sp³-hybridized carbons (Fsp3) is 0.211. The average Bonchev–Trinajstić information content (AvgIpc) is 2.68. The molecule has 0 unspecified atom stereocenters. The van der Waals surface area contributed by atoms with Crippen LogP contribution in [0.25, 0.3) is 0 Å². The highest BCUT2D eigenvalue weighted by Crippen LogP contribution is 2.32. The highest BCUT2D eigenvalue weighted by molar-refractivity contribution is 6.09. The average molecular weight is 352 g/mol. The van der Waals surface area contributed by atoms with Gasteiger partial charge in [-0.05, 0) is 36.4 Å². The van der Waals surface area contributed by atoms with Gasteiger partial charge in [0.1, 0.15) is 13.2 Å². The van der Waals surface area contributed by atoms with Gasteiger partial charge in [0.15, 0.2) is 11.5 Å². The maximum atomic E-state index is 12.3. The van der Waals surface area contributed by atoms with Crippen LogP contribution in [0.3, 0.4) is 0 Å². The number of rotatable bonds is 3. The summed E-state index contributed by atoms with van der Waals surface area (Å²) in [6.07, 6.45) is 0.804. The fourth-order valence-corrected chi connectivity index (χ4v) is 2.96.